The summed E-state index contributed by atoms with van der Waals surface area (Å²) in [4.78, 5) is 12.6. The summed E-state index contributed by atoms with van der Waals surface area (Å²) < 4.78 is 4.96. The molecular weight excluding hydrogens is 388 g/mol. The van der Waals surface area contributed by atoms with Gasteiger partial charge in [-0.05, 0) is 24.1 Å². The van der Waals surface area contributed by atoms with Crippen LogP contribution in [0.2, 0.25) is 0 Å². The summed E-state index contributed by atoms with van der Waals surface area (Å²) in [6.45, 7) is 5.52. The van der Waals surface area contributed by atoms with E-state index in [9.17, 15) is 4.79 Å². The van der Waals surface area contributed by atoms with Crippen LogP contribution in [0.3, 0.4) is 0 Å². The third kappa shape index (κ3) is 4.05. The largest absolute Gasteiger partial charge is 0.308 e. The molecule has 0 aliphatic carbocycles. The topological polar surface area (TPSA) is 52.7 Å². The second-order valence-corrected chi connectivity index (χ2v) is 9.41. The second kappa shape index (κ2) is 8.32. The van der Waals surface area contributed by atoms with Crippen molar-refractivity contribution in [3.05, 3.63) is 75.7 Å². The second-order valence-electron chi connectivity index (χ2n) is 6.87. The molecule has 0 aliphatic rings. The molecule has 0 saturated heterocycles. The molecule has 4 aromatic rings. The van der Waals surface area contributed by atoms with Crippen LogP contribution in [0.5, 0.6) is 0 Å². The van der Waals surface area contributed by atoms with Gasteiger partial charge in [0.25, 0.3) is 0 Å². The summed E-state index contributed by atoms with van der Waals surface area (Å²) >= 11 is 2.98. The zero-order valence-electron chi connectivity index (χ0n) is 15.9. The van der Waals surface area contributed by atoms with Crippen molar-refractivity contribution in [1.82, 2.24) is 19.3 Å². The van der Waals surface area contributed by atoms with Gasteiger partial charge in [0.15, 0.2) is 11.0 Å². The minimum atomic E-state index is 0.0388. The number of thiazole rings is 1. The first kappa shape index (κ1) is 19.0. The van der Waals surface area contributed by atoms with Gasteiger partial charge in [0.1, 0.15) is 0 Å². The van der Waals surface area contributed by atoms with Crippen LogP contribution < -0.4 is 4.87 Å². The van der Waals surface area contributed by atoms with Crippen molar-refractivity contribution in [2.75, 3.05) is 0 Å². The molecule has 0 N–H and O–H groups in total. The first-order chi connectivity index (χ1) is 13.6. The van der Waals surface area contributed by atoms with Crippen LogP contribution >= 0.6 is 23.1 Å². The van der Waals surface area contributed by atoms with Gasteiger partial charge in [-0.3, -0.25) is 9.36 Å². The van der Waals surface area contributed by atoms with E-state index in [0.717, 1.165) is 34.2 Å². The van der Waals surface area contributed by atoms with Crippen molar-refractivity contribution in [2.24, 2.45) is 0 Å². The zero-order chi connectivity index (χ0) is 19.5. The fraction of sp³-hybridized carbons (Fsp3) is 0.286. The Morgan fingerprint density at radius 2 is 1.75 bits per heavy atom. The Hall–Kier alpha value is -2.38. The van der Waals surface area contributed by atoms with Gasteiger partial charge in [-0.25, -0.2) is 0 Å². The van der Waals surface area contributed by atoms with Crippen LogP contribution in [0.15, 0.2) is 64.5 Å². The van der Waals surface area contributed by atoms with Crippen LogP contribution in [-0.2, 0) is 19.5 Å². The standard InChI is InChI=1S/C21H22N4OS2/c1-15(2)27-20-23-22-19(24(20)13-12-16-8-4-3-5-9-16)14-25-17-10-6-7-11-18(17)28-21(25)26/h3-11,15H,12-14H2,1-2H3. The maximum Gasteiger partial charge on any atom is 0.308 e. The third-order valence-corrected chi connectivity index (χ3v) is 6.42. The highest BCUT2D eigenvalue weighted by Gasteiger charge is 2.17. The number of hydrogen-bond donors (Lipinski definition) is 0. The van der Waals surface area contributed by atoms with Gasteiger partial charge in [0, 0.05) is 11.8 Å². The molecule has 0 aliphatic heterocycles. The Balaban J connectivity index is 1.67. The summed E-state index contributed by atoms with van der Waals surface area (Å²) in [7, 11) is 0. The minimum absolute atomic E-state index is 0.0388. The minimum Gasteiger partial charge on any atom is -0.304 e. The number of aromatic nitrogens is 4. The van der Waals surface area contributed by atoms with E-state index in [4.69, 9.17) is 0 Å². The molecule has 4 rings (SSSR count). The Labute approximate surface area is 172 Å². The molecule has 2 aromatic heterocycles. The van der Waals surface area contributed by atoms with Crippen molar-refractivity contribution in [2.45, 2.75) is 43.8 Å². The van der Waals surface area contributed by atoms with Gasteiger partial charge < -0.3 is 4.57 Å². The fourth-order valence-electron chi connectivity index (χ4n) is 3.15. The maximum absolute atomic E-state index is 12.5. The Morgan fingerprint density at radius 3 is 2.54 bits per heavy atom. The molecule has 0 radical (unpaired) electrons. The lowest BCUT2D eigenvalue weighted by molar-refractivity contribution is 0.585. The summed E-state index contributed by atoms with van der Waals surface area (Å²) in [5, 5.41) is 10.2. The van der Waals surface area contributed by atoms with Crippen molar-refractivity contribution in [3.63, 3.8) is 0 Å². The van der Waals surface area contributed by atoms with Gasteiger partial charge >= 0.3 is 4.87 Å². The summed E-state index contributed by atoms with van der Waals surface area (Å²) in [5.74, 6) is 0.824. The molecule has 0 amide bonds. The molecule has 0 spiro atoms. The smallest absolute Gasteiger partial charge is 0.304 e. The summed E-state index contributed by atoms with van der Waals surface area (Å²) in [6, 6.07) is 18.3. The maximum atomic E-state index is 12.5. The van der Waals surface area contributed by atoms with Crippen LogP contribution in [0.4, 0.5) is 0 Å². The van der Waals surface area contributed by atoms with E-state index >= 15 is 0 Å². The van der Waals surface area contributed by atoms with E-state index in [1.807, 2.05) is 30.3 Å². The Kier molecular flexibility index (Phi) is 5.64. The average molecular weight is 411 g/mol. The molecule has 0 fully saturated rings. The lowest BCUT2D eigenvalue weighted by Crippen LogP contribution is -2.18. The molecule has 144 valence electrons. The molecule has 5 nitrogen and oxygen atoms in total. The average Bonchev–Trinajstić information content (AvgIpc) is 3.21. The first-order valence-electron chi connectivity index (χ1n) is 9.33. The van der Waals surface area contributed by atoms with Gasteiger partial charge in [0.05, 0.1) is 16.8 Å². The van der Waals surface area contributed by atoms with Crippen molar-refractivity contribution in [1.29, 1.82) is 0 Å². The number of rotatable bonds is 7. The van der Waals surface area contributed by atoms with Gasteiger partial charge in [-0.2, -0.15) is 0 Å². The quantitative estimate of drug-likeness (QED) is 0.423. The molecule has 0 atom stereocenters. The van der Waals surface area contributed by atoms with Crippen LogP contribution in [0.1, 0.15) is 25.2 Å². The lowest BCUT2D eigenvalue weighted by atomic mass is 10.1. The number of thioether (sulfide) groups is 1. The molecule has 0 saturated carbocycles. The van der Waals surface area contributed by atoms with Crippen LogP contribution in [0.25, 0.3) is 10.2 Å². The molecule has 0 bridgehead atoms. The summed E-state index contributed by atoms with van der Waals surface area (Å²) in [6.07, 6.45) is 0.900. The van der Waals surface area contributed by atoms with Gasteiger partial charge in [-0.15, -0.1) is 10.2 Å². The van der Waals surface area contributed by atoms with Gasteiger partial charge in [-0.1, -0.05) is 79.4 Å². The number of hydrogen-bond acceptors (Lipinski definition) is 5. The fourth-order valence-corrected chi connectivity index (χ4v) is 4.87. The van der Waals surface area contributed by atoms with Crippen LogP contribution in [0, 0.1) is 0 Å². The summed E-state index contributed by atoms with van der Waals surface area (Å²) in [5.41, 5.74) is 2.23. The van der Waals surface area contributed by atoms with Crippen LogP contribution in [-0.4, -0.2) is 24.6 Å². The van der Waals surface area contributed by atoms with E-state index in [1.54, 1.807) is 16.3 Å². The first-order valence-corrected chi connectivity index (χ1v) is 11.0. The highest BCUT2D eigenvalue weighted by Crippen LogP contribution is 2.24. The van der Waals surface area contributed by atoms with Crippen molar-refractivity contribution >= 4 is 33.3 Å². The number of aryl methyl sites for hydroxylation is 1. The van der Waals surface area contributed by atoms with E-state index in [0.29, 0.717) is 11.8 Å². The number of nitrogens with zero attached hydrogens (tertiary/aromatic N) is 4. The molecule has 28 heavy (non-hydrogen) atoms. The number of para-hydroxylation sites is 1. The molecule has 7 heteroatoms. The normalized spacial score (nSPS) is 11.5. The molecule has 0 unspecified atom stereocenters. The Bertz CT molecular complexity index is 1130. The molecule has 2 heterocycles. The molecular formula is C21H22N4OS2. The van der Waals surface area contributed by atoms with Crippen molar-refractivity contribution in [3.8, 4) is 0 Å². The number of fused-ring (bicyclic) bond motifs is 1. The third-order valence-electron chi connectivity index (χ3n) is 4.47. The predicted octanol–water partition coefficient (Wildman–Crippen LogP) is 4.45. The highest BCUT2D eigenvalue weighted by molar-refractivity contribution is 7.99. The van der Waals surface area contributed by atoms with E-state index in [1.165, 1.54) is 16.9 Å². The van der Waals surface area contributed by atoms with Crippen molar-refractivity contribution < 1.29 is 0 Å². The number of benzene rings is 2. The highest BCUT2D eigenvalue weighted by atomic mass is 32.2. The molecule has 2 aromatic carbocycles. The SMILES string of the molecule is CC(C)Sc1nnc(Cn2c(=O)sc3ccccc32)n1CCc1ccccc1. The predicted molar refractivity (Wildman–Crippen MR) is 116 cm³/mol. The Morgan fingerprint density at radius 1 is 1.00 bits per heavy atom. The monoisotopic (exact) mass is 410 g/mol. The van der Waals surface area contributed by atoms with E-state index < -0.39 is 0 Å². The van der Waals surface area contributed by atoms with Gasteiger partial charge in [0.2, 0.25) is 0 Å². The zero-order valence-corrected chi connectivity index (χ0v) is 17.5. The van der Waals surface area contributed by atoms with E-state index in [-0.39, 0.29) is 4.87 Å². The lowest BCUT2D eigenvalue weighted by Gasteiger charge is -2.12. The van der Waals surface area contributed by atoms with E-state index in [2.05, 4.69) is 52.9 Å².